The minimum Gasteiger partial charge on any atom is -0.459 e. The van der Waals surface area contributed by atoms with Crippen LogP contribution in [0.1, 0.15) is 52.4 Å². The van der Waals surface area contributed by atoms with Crippen molar-refractivity contribution in [1.29, 1.82) is 0 Å². The lowest BCUT2D eigenvalue weighted by Gasteiger charge is -2.20. The molecule has 0 bridgehead atoms. The average molecular weight is 400 g/mol. The predicted molar refractivity (Wildman–Crippen MR) is 101 cm³/mol. The molecular formula is C20H32O8. The molecule has 0 aromatic rings. The van der Waals surface area contributed by atoms with Gasteiger partial charge in [-0.15, -0.1) is 0 Å². The van der Waals surface area contributed by atoms with Crippen LogP contribution in [0.4, 0.5) is 0 Å². The van der Waals surface area contributed by atoms with Gasteiger partial charge in [0.1, 0.15) is 12.2 Å². The molecule has 0 aliphatic carbocycles. The van der Waals surface area contributed by atoms with Crippen LogP contribution in [-0.2, 0) is 19.1 Å². The number of carbonyl (C=O) groups excluding carboxylic acids is 2. The van der Waals surface area contributed by atoms with Crippen LogP contribution >= 0.6 is 0 Å². The van der Waals surface area contributed by atoms with E-state index in [1.54, 1.807) is 13.8 Å². The van der Waals surface area contributed by atoms with Crippen LogP contribution in [0.5, 0.6) is 0 Å². The maximum atomic E-state index is 12.0. The summed E-state index contributed by atoms with van der Waals surface area (Å²) >= 11 is 0. The van der Waals surface area contributed by atoms with Gasteiger partial charge in [0.25, 0.3) is 0 Å². The molecule has 0 spiro atoms. The second-order valence-corrected chi connectivity index (χ2v) is 7.29. The fourth-order valence-electron chi connectivity index (χ4n) is 2.89. The third-order valence-corrected chi connectivity index (χ3v) is 4.30. The molecule has 1 rings (SSSR count). The number of carbonyl (C=O) groups is 2. The molecule has 1 heterocycles. The van der Waals surface area contributed by atoms with Gasteiger partial charge in [-0.2, -0.15) is 0 Å². The van der Waals surface area contributed by atoms with Crippen molar-refractivity contribution in [1.82, 2.24) is 0 Å². The van der Waals surface area contributed by atoms with Crippen molar-refractivity contribution in [3.63, 3.8) is 0 Å². The second-order valence-electron chi connectivity index (χ2n) is 7.29. The highest BCUT2D eigenvalue weighted by Gasteiger charge is 2.19. The van der Waals surface area contributed by atoms with Gasteiger partial charge < -0.3 is 29.9 Å². The van der Waals surface area contributed by atoms with Crippen molar-refractivity contribution >= 4 is 11.9 Å². The summed E-state index contributed by atoms with van der Waals surface area (Å²) in [5.41, 5.74) is 0. The van der Waals surface area contributed by atoms with E-state index in [1.807, 2.05) is 0 Å². The summed E-state index contributed by atoms with van der Waals surface area (Å²) in [5.74, 6) is -1.29. The maximum Gasteiger partial charge on any atom is 0.330 e. The maximum absolute atomic E-state index is 12.0. The van der Waals surface area contributed by atoms with Crippen molar-refractivity contribution in [3.05, 3.63) is 24.3 Å². The zero-order chi connectivity index (χ0) is 21.1. The Bertz CT molecular complexity index is 542. The number of ether oxygens (including phenoxy) is 2. The van der Waals surface area contributed by atoms with Crippen LogP contribution in [-0.4, -0.2) is 69.0 Å². The zero-order valence-electron chi connectivity index (χ0n) is 16.4. The molecule has 0 saturated carbocycles. The van der Waals surface area contributed by atoms with E-state index >= 15 is 0 Å². The summed E-state index contributed by atoms with van der Waals surface area (Å²) < 4.78 is 10.4. The summed E-state index contributed by atoms with van der Waals surface area (Å²) in [7, 11) is 0. The van der Waals surface area contributed by atoms with Crippen molar-refractivity contribution in [3.8, 4) is 0 Å². The average Bonchev–Trinajstić information content (AvgIpc) is 2.59. The fourth-order valence-corrected chi connectivity index (χ4v) is 2.89. The van der Waals surface area contributed by atoms with Gasteiger partial charge in [0.15, 0.2) is 0 Å². The molecule has 28 heavy (non-hydrogen) atoms. The summed E-state index contributed by atoms with van der Waals surface area (Å²) in [4.78, 5) is 23.7. The monoisotopic (exact) mass is 400 g/mol. The largest absolute Gasteiger partial charge is 0.459 e. The van der Waals surface area contributed by atoms with E-state index < -0.39 is 48.6 Å². The van der Waals surface area contributed by atoms with Gasteiger partial charge in [0.05, 0.1) is 24.4 Å². The van der Waals surface area contributed by atoms with E-state index in [4.69, 9.17) is 9.47 Å². The second kappa shape index (κ2) is 12.7. The van der Waals surface area contributed by atoms with E-state index in [0.717, 1.165) is 12.2 Å². The molecule has 1 aliphatic heterocycles. The molecule has 1 aliphatic rings. The Hall–Kier alpha value is -1.74. The van der Waals surface area contributed by atoms with Crippen molar-refractivity contribution in [2.75, 3.05) is 0 Å². The van der Waals surface area contributed by atoms with E-state index in [2.05, 4.69) is 0 Å². The van der Waals surface area contributed by atoms with Gasteiger partial charge in [-0.05, 0) is 51.7 Å². The number of hydrogen-bond donors (Lipinski definition) is 4. The first kappa shape index (κ1) is 24.3. The molecule has 0 fully saturated rings. The molecule has 0 aromatic carbocycles. The fraction of sp³-hybridized carbons (Fsp3) is 0.700. The zero-order valence-corrected chi connectivity index (χ0v) is 16.4. The lowest BCUT2D eigenvalue weighted by Crippen LogP contribution is -2.24. The smallest absolute Gasteiger partial charge is 0.330 e. The third kappa shape index (κ3) is 11.2. The van der Waals surface area contributed by atoms with Crippen LogP contribution < -0.4 is 0 Å². The lowest BCUT2D eigenvalue weighted by molar-refractivity contribution is -0.145. The van der Waals surface area contributed by atoms with Gasteiger partial charge in [0, 0.05) is 25.0 Å². The molecule has 6 atom stereocenters. The molecule has 0 aromatic heterocycles. The molecule has 8 heteroatoms. The molecule has 0 radical (unpaired) electrons. The number of aliphatic hydroxyl groups excluding tert-OH is 4. The van der Waals surface area contributed by atoms with Gasteiger partial charge in [0.2, 0.25) is 0 Å². The number of cyclic esters (lactones) is 2. The highest BCUT2D eigenvalue weighted by Crippen LogP contribution is 2.15. The van der Waals surface area contributed by atoms with Crippen molar-refractivity contribution in [2.24, 2.45) is 0 Å². The topological polar surface area (TPSA) is 134 Å². The van der Waals surface area contributed by atoms with Crippen molar-refractivity contribution in [2.45, 2.75) is 89.0 Å². The highest BCUT2D eigenvalue weighted by molar-refractivity contribution is 5.82. The number of hydrogen-bond acceptors (Lipinski definition) is 8. The van der Waals surface area contributed by atoms with Gasteiger partial charge in [-0.1, -0.05) is 0 Å². The highest BCUT2D eigenvalue weighted by atomic mass is 16.5. The number of aliphatic hydroxyl groups is 4. The van der Waals surface area contributed by atoms with Gasteiger partial charge in [-0.25, -0.2) is 9.59 Å². The summed E-state index contributed by atoms with van der Waals surface area (Å²) in [6.45, 7) is 3.22. The summed E-state index contributed by atoms with van der Waals surface area (Å²) in [6, 6.07) is 0. The van der Waals surface area contributed by atoms with E-state index in [9.17, 15) is 30.0 Å². The molecule has 0 amide bonds. The Labute approximate surface area is 165 Å². The molecular weight excluding hydrogens is 368 g/mol. The van der Waals surface area contributed by atoms with Crippen LogP contribution in [0.25, 0.3) is 0 Å². The van der Waals surface area contributed by atoms with Crippen molar-refractivity contribution < 1.29 is 39.5 Å². The minimum absolute atomic E-state index is 0.199. The van der Waals surface area contributed by atoms with E-state index in [-0.39, 0.29) is 38.5 Å². The Morgan fingerprint density at radius 2 is 1.50 bits per heavy atom. The third-order valence-electron chi connectivity index (χ3n) is 4.30. The molecule has 8 nitrogen and oxygen atoms in total. The molecule has 4 N–H and O–H groups in total. The first-order chi connectivity index (χ1) is 13.2. The summed E-state index contributed by atoms with van der Waals surface area (Å²) in [5, 5.41) is 39.5. The van der Waals surface area contributed by atoms with Crippen LogP contribution in [0.15, 0.2) is 24.3 Å². The summed E-state index contributed by atoms with van der Waals surface area (Å²) in [6.07, 6.45) is 1.75. The molecule has 160 valence electrons. The quantitative estimate of drug-likeness (QED) is 0.499. The first-order valence-electron chi connectivity index (χ1n) is 9.65. The first-order valence-corrected chi connectivity index (χ1v) is 9.65. The number of rotatable bonds is 2. The van der Waals surface area contributed by atoms with Crippen LogP contribution in [0.2, 0.25) is 0 Å². The minimum atomic E-state index is -0.945. The van der Waals surface area contributed by atoms with E-state index in [0.29, 0.717) is 0 Å². The lowest BCUT2D eigenvalue weighted by atomic mass is 10.0. The van der Waals surface area contributed by atoms with E-state index in [1.165, 1.54) is 12.2 Å². The Kier molecular flexibility index (Phi) is 11.0. The Balaban J connectivity index is 2.84. The standard InChI is InChI=1S/C20H32O8/c1-13(21)11-18-8-5-16(23)6-9-19(25)27-14(2)12-17(24)4-3-15(22)7-10-20(26)28-18/h6-7,9-10,13-18,21-24H,3-5,8,11-12H2,1-2H3/b9-6+,10-7+/t13-,14-,15+,16+,17+,18?/m0/s1. The molecule has 0 saturated heterocycles. The van der Waals surface area contributed by atoms with Gasteiger partial charge >= 0.3 is 11.9 Å². The Morgan fingerprint density at radius 3 is 2.07 bits per heavy atom. The normalized spacial score (nSPS) is 35.0. The Morgan fingerprint density at radius 1 is 0.964 bits per heavy atom. The van der Waals surface area contributed by atoms with Gasteiger partial charge in [-0.3, -0.25) is 0 Å². The number of esters is 2. The molecule has 1 unspecified atom stereocenters. The van der Waals surface area contributed by atoms with Crippen LogP contribution in [0.3, 0.4) is 0 Å². The van der Waals surface area contributed by atoms with Crippen LogP contribution in [0, 0.1) is 0 Å². The predicted octanol–water partition coefficient (Wildman–Crippen LogP) is 0.760. The SMILES string of the molecule is C[C@H](O)CC1CC[C@@H](O)/C=C/C(=O)O[C@@H](C)C[C@H](O)CC[C@@H](O)/C=C/C(=O)O1.